The molecule has 1 fully saturated rings. The topological polar surface area (TPSA) is 35.5 Å². The molecule has 0 heterocycles. The molecule has 0 aromatic carbocycles. The van der Waals surface area contributed by atoms with E-state index in [2.05, 4.69) is 6.58 Å². The van der Waals surface area contributed by atoms with Crippen molar-refractivity contribution >= 4 is 5.97 Å². The minimum absolute atomic E-state index is 0.259. The SMILES string of the molecule is C=C(CCCCOC1CCCCC1)C(=O)OCC. The van der Waals surface area contributed by atoms with Crippen molar-refractivity contribution < 1.29 is 14.3 Å². The van der Waals surface area contributed by atoms with Gasteiger partial charge in [0, 0.05) is 12.2 Å². The van der Waals surface area contributed by atoms with Gasteiger partial charge in [-0.15, -0.1) is 0 Å². The third-order valence-electron chi connectivity index (χ3n) is 3.34. The molecule has 18 heavy (non-hydrogen) atoms. The predicted molar refractivity (Wildman–Crippen MR) is 72.4 cm³/mol. The van der Waals surface area contributed by atoms with Gasteiger partial charge in [-0.05, 0) is 39.0 Å². The summed E-state index contributed by atoms with van der Waals surface area (Å²) in [4.78, 5) is 11.3. The number of hydrogen-bond acceptors (Lipinski definition) is 3. The van der Waals surface area contributed by atoms with Gasteiger partial charge in [-0.25, -0.2) is 4.79 Å². The first-order chi connectivity index (χ1) is 8.74. The average Bonchev–Trinajstić information content (AvgIpc) is 2.39. The zero-order valence-electron chi connectivity index (χ0n) is 11.6. The van der Waals surface area contributed by atoms with Crippen LogP contribution in [0.5, 0.6) is 0 Å². The van der Waals surface area contributed by atoms with Gasteiger partial charge in [-0.1, -0.05) is 25.8 Å². The van der Waals surface area contributed by atoms with Gasteiger partial charge in [0.15, 0.2) is 0 Å². The summed E-state index contributed by atoms with van der Waals surface area (Å²) in [7, 11) is 0. The molecule has 0 saturated heterocycles. The van der Waals surface area contributed by atoms with E-state index < -0.39 is 0 Å². The summed E-state index contributed by atoms with van der Waals surface area (Å²) < 4.78 is 10.7. The van der Waals surface area contributed by atoms with Crippen LogP contribution in [0.2, 0.25) is 0 Å². The van der Waals surface area contributed by atoms with Crippen LogP contribution in [0, 0.1) is 0 Å². The van der Waals surface area contributed by atoms with E-state index >= 15 is 0 Å². The number of carbonyl (C=O) groups is 1. The normalized spacial score (nSPS) is 16.5. The highest BCUT2D eigenvalue weighted by atomic mass is 16.5. The predicted octanol–water partition coefficient (Wildman–Crippen LogP) is 3.63. The Labute approximate surface area is 111 Å². The minimum Gasteiger partial charge on any atom is -0.463 e. The Bertz CT molecular complexity index is 254. The number of hydrogen-bond donors (Lipinski definition) is 0. The molecule has 3 heteroatoms. The van der Waals surface area contributed by atoms with Crippen molar-refractivity contribution in [1.82, 2.24) is 0 Å². The zero-order valence-corrected chi connectivity index (χ0v) is 11.6. The maximum atomic E-state index is 11.3. The number of ether oxygens (including phenoxy) is 2. The van der Waals surface area contributed by atoms with Crippen LogP contribution in [0.4, 0.5) is 0 Å². The number of unbranched alkanes of at least 4 members (excludes halogenated alkanes) is 1. The maximum absolute atomic E-state index is 11.3. The van der Waals surface area contributed by atoms with Crippen molar-refractivity contribution in [3.8, 4) is 0 Å². The summed E-state index contributed by atoms with van der Waals surface area (Å²) in [6, 6.07) is 0. The standard InChI is InChI=1S/C15H26O3/c1-3-17-15(16)13(2)9-7-8-12-18-14-10-5-4-6-11-14/h14H,2-12H2,1H3. The van der Waals surface area contributed by atoms with Crippen molar-refractivity contribution in [2.75, 3.05) is 13.2 Å². The summed E-state index contributed by atoms with van der Waals surface area (Å²) in [5.41, 5.74) is 0.578. The van der Waals surface area contributed by atoms with E-state index in [4.69, 9.17) is 9.47 Å². The first-order valence-corrected chi connectivity index (χ1v) is 7.20. The fourth-order valence-electron chi connectivity index (χ4n) is 2.26. The molecule has 1 saturated carbocycles. The molecule has 0 radical (unpaired) electrons. The molecule has 0 spiro atoms. The third kappa shape index (κ3) is 6.20. The molecule has 0 bridgehead atoms. The Balaban J connectivity index is 1.97. The second kappa shape index (κ2) is 9.15. The van der Waals surface area contributed by atoms with Gasteiger partial charge in [0.2, 0.25) is 0 Å². The quantitative estimate of drug-likeness (QED) is 0.377. The smallest absolute Gasteiger partial charge is 0.333 e. The molecular weight excluding hydrogens is 228 g/mol. The van der Waals surface area contributed by atoms with Crippen LogP contribution in [0.15, 0.2) is 12.2 Å². The van der Waals surface area contributed by atoms with Crippen molar-refractivity contribution in [3.05, 3.63) is 12.2 Å². The summed E-state index contributed by atoms with van der Waals surface area (Å²) >= 11 is 0. The van der Waals surface area contributed by atoms with Crippen molar-refractivity contribution in [1.29, 1.82) is 0 Å². The van der Waals surface area contributed by atoms with Crippen molar-refractivity contribution in [2.45, 2.75) is 64.4 Å². The molecule has 1 aliphatic carbocycles. The van der Waals surface area contributed by atoms with Crippen LogP contribution < -0.4 is 0 Å². The lowest BCUT2D eigenvalue weighted by Crippen LogP contribution is -2.17. The summed E-state index contributed by atoms with van der Waals surface area (Å²) in [6.07, 6.45) is 9.55. The summed E-state index contributed by atoms with van der Waals surface area (Å²) in [5, 5.41) is 0. The number of rotatable bonds is 8. The van der Waals surface area contributed by atoms with Crippen LogP contribution in [-0.2, 0) is 14.3 Å². The first-order valence-electron chi connectivity index (χ1n) is 7.20. The fraction of sp³-hybridized carbons (Fsp3) is 0.800. The van der Waals surface area contributed by atoms with E-state index in [1.807, 2.05) is 6.92 Å². The minimum atomic E-state index is -0.259. The maximum Gasteiger partial charge on any atom is 0.333 e. The first kappa shape index (κ1) is 15.2. The Morgan fingerprint density at radius 2 is 1.94 bits per heavy atom. The lowest BCUT2D eigenvalue weighted by molar-refractivity contribution is -0.138. The van der Waals surface area contributed by atoms with Crippen LogP contribution in [0.1, 0.15) is 58.3 Å². The second-order valence-electron chi connectivity index (χ2n) is 4.91. The van der Waals surface area contributed by atoms with Crippen LogP contribution >= 0.6 is 0 Å². The van der Waals surface area contributed by atoms with Crippen molar-refractivity contribution in [3.63, 3.8) is 0 Å². The molecule has 0 aromatic rings. The van der Waals surface area contributed by atoms with Crippen LogP contribution in [0.25, 0.3) is 0 Å². The van der Waals surface area contributed by atoms with Gasteiger partial charge >= 0.3 is 5.97 Å². The fourth-order valence-corrected chi connectivity index (χ4v) is 2.26. The van der Waals surface area contributed by atoms with E-state index in [9.17, 15) is 4.79 Å². The molecule has 0 N–H and O–H groups in total. The molecule has 0 aromatic heterocycles. The second-order valence-corrected chi connectivity index (χ2v) is 4.91. The third-order valence-corrected chi connectivity index (χ3v) is 3.34. The largest absolute Gasteiger partial charge is 0.463 e. The van der Waals surface area contributed by atoms with E-state index in [0.717, 1.165) is 19.4 Å². The highest BCUT2D eigenvalue weighted by Crippen LogP contribution is 2.20. The molecule has 104 valence electrons. The van der Waals surface area contributed by atoms with Gasteiger partial charge in [0.1, 0.15) is 0 Å². The summed E-state index contributed by atoms with van der Waals surface area (Å²) in [5.74, 6) is -0.259. The van der Waals surface area contributed by atoms with Gasteiger partial charge in [0.05, 0.1) is 12.7 Å². The molecule has 0 amide bonds. The molecular formula is C15H26O3. The summed E-state index contributed by atoms with van der Waals surface area (Å²) in [6.45, 7) is 6.78. The highest BCUT2D eigenvalue weighted by molar-refractivity contribution is 5.87. The Morgan fingerprint density at radius 1 is 1.22 bits per heavy atom. The van der Waals surface area contributed by atoms with Gasteiger partial charge < -0.3 is 9.47 Å². The van der Waals surface area contributed by atoms with Crippen LogP contribution in [0.3, 0.4) is 0 Å². The van der Waals surface area contributed by atoms with E-state index in [-0.39, 0.29) is 5.97 Å². The average molecular weight is 254 g/mol. The Hall–Kier alpha value is -0.830. The molecule has 3 nitrogen and oxygen atoms in total. The van der Waals surface area contributed by atoms with E-state index in [1.165, 1.54) is 32.1 Å². The Morgan fingerprint density at radius 3 is 2.61 bits per heavy atom. The molecule has 0 aliphatic heterocycles. The lowest BCUT2D eigenvalue weighted by atomic mass is 9.98. The Kier molecular flexibility index (Phi) is 7.74. The van der Waals surface area contributed by atoms with Gasteiger partial charge in [0.25, 0.3) is 0 Å². The van der Waals surface area contributed by atoms with E-state index in [1.54, 1.807) is 0 Å². The zero-order chi connectivity index (χ0) is 13.2. The van der Waals surface area contributed by atoms with Gasteiger partial charge in [-0.3, -0.25) is 0 Å². The van der Waals surface area contributed by atoms with E-state index in [0.29, 0.717) is 24.7 Å². The lowest BCUT2D eigenvalue weighted by Gasteiger charge is -2.21. The number of carbonyl (C=O) groups excluding carboxylic acids is 1. The molecule has 1 aliphatic rings. The van der Waals surface area contributed by atoms with Gasteiger partial charge in [-0.2, -0.15) is 0 Å². The number of esters is 1. The van der Waals surface area contributed by atoms with Crippen LogP contribution in [-0.4, -0.2) is 25.3 Å². The highest BCUT2D eigenvalue weighted by Gasteiger charge is 2.13. The van der Waals surface area contributed by atoms with Crippen molar-refractivity contribution in [2.24, 2.45) is 0 Å². The molecule has 0 unspecified atom stereocenters. The monoisotopic (exact) mass is 254 g/mol. The molecule has 1 rings (SSSR count). The molecule has 0 atom stereocenters.